The highest BCUT2D eigenvalue weighted by Gasteiger charge is 2.33. The topological polar surface area (TPSA) is 63.2 Å². The molecule has 19 heavy (non-hydrogen) atoms. The fraction of sp³-hybridized carbons (Fsp3) is 0.538. The Bertz CT molecular complexity index is 442. The van der Waals surface area contributed by atoms with E-state index in [1.54, 1.807) is 18.3 Å². The van der Waals surface area contributed by atoms with Gasteiger partial charge in [-0.3, -0.25) is 4.79 Å². The summed E-state index contributed by atoms with van der Waals surface area (Å²) in [6, 6.07) is 3.53. The molecule has 2 unspecified atom stereocenters. The predicted octanol–water partition coefficient (Wildman–Crippen LogP) is 1.69. The summed E-state index contributed by atoms with van der Waals surface area (Å²) in [7, 11) is 0. The Hall–Kier alpha value is -1.17. The minimum atomic E-state index is -0.192. The first-order valence-electron chi connectivity index (χ1n) is 6.45. The van der Waals surface area contributed by atoms with Gasteiger partial charge < -0.3 is 15.4 Å². The number of hydrogen-bond donors (Lipinski definition) is 2. The van der Waals surface area contributed by atoms with Gasteiger partial charge in [-0.1, -0.05) is 18.5 Å². The number of ether oxygens (including phenoxy) is 1. The maximum absolute atomic E-state index is 12.2. The highest BCUT2D eigenvalue weighted by molar-refractivity contribution is 6.32. The van der Waals surface area contributed by atoms with E-state index in [-0.39, 0.29) is 17.9 Å². The Kier molecular flexibility index (Phi) is 5.13. The molecule has 1 aliphatic rings. The second-order valence-corrected chi connectivity index (χ2v) is 4.89. The molecule has 0 radical (unpaired) electrons. The van der Waals surface area contributed by atoms with Crippen LogP contribution in [0.1, 0.15) is 13.3 Å². The third kappa shape index (κ3) is 3.65. The predicted molar refractivity (Wildman–Crippen MR) is 74.3 cm³/mol. The molecule has 1 amide bonds. The lowest BCUT2D eigenvalue weighted by Gasteiger charge is -2.18. The summed E-state index contributed by atoms with van der Waals surface area (Å²) in [6.45, 7) is 3.97. The number of nitrogens with one attached hydrogen (secondary N) is 2. The molecule has 1 saturated heterocycles. The molecule has 0 saturated carbocycles. The van der Waals surface area contributed by atoms with Gasteiger partial charge in [-0.05, 0) is 25.1 Å². The first-order chi connectivity index (χ1) is 9.22. The van der Waals surface area contributed by atoms with Gasteiger partial charge in [-0.25, -0.2) is 4.98 Å². The zero-order valence-corrected chi connectivity index (χ0v) is 11.6. The van der Waals surface area contributed by atoms with Crippen molar-refractivity contribution in [2.24, 2.45) is 5.92 Å². The molecule has 1 aliphatic heterocycles. The SMILES string of the molecule is CCCNC1COCC1C(=O)Nc1cccnc1Cl. The second kappa shape index (κ2) is 6.84. The summed E-state index contributed by atoms with van der Waals surface area (Å²) in [5.41, 5.74) is 0.537. The quantitative estimate of drug-likeness (QED) is 0.807. The summed E-state index contributed by atoms with van der Waals surface area (Å²) in [5, 5.41) is 6.43. The molecular formula is C13H18ClN3O2. The lowest BCUT2D eigenvalue weighted by molar-refractivity contribution is -0.120. The minimum absolute atomic E-state index is 0.0652. The van der Waals surface area contributed by atoms with Crippen LogP contribution in [0.25, 0.3) is 0 Å². The van der Waals surface area contributed by atoms with Gasteiger partial charge in [0, 0.05) is 12.2 Å². The Morgan fingerprint density at radius 1 is 1.58 bits per heavy atom. The van der Waals surface area contributed by atoms with Crippen LogP contribution in [0.3, 0.4) is 0 Å². The number of nitrogens with zero attached hydrogens (tertiary/aromatic N) is 1. The summed E-state index contributed by atoms with van der Waals surface area (Å²) in [5.74, 6) is -0.274. The lowest BCUT2D eigenvalue weighted by Crippen LogP contribution is -2.41. The molecule has 2 rings (SSSR count). The summed E-state index contributed by atoms with van der Waals surface area (Å²) < 4.78 is 5.38. The average Bonchev–Trinajstić information content (AvgIpc) is 2.87. The smallest absolute Gasteiger partial charge is 0.231 e. The third-order valence-corrected chi connectivity index (χ3v) is 3.39. The van der Waals surface area contributed by atoms with Crippen LogP contribution in [0, 0.1) is 5.92 Å². The van der Waals surface area contributed by atoms with Gasteiger partial charge in [0.25, 0.3) is 0 Å². The molecule has 2 atom stereocenters. The van der Waals surface area contributed by atoms with Crippen molar-refractivity contribution in [1.82, 2.24) is 10.3 Å². The number of amides is 1. The van der Waals surface area contributed by atoms with Crippen LogP contribution >= 0.6 is 11.6 Å². The van der Waals surface area contributed by atoms with Gasteiger partial charge in [0.05, 0.1) is 24.8 Å². The van der Waals surface area contributed by atoms with Gasteiger partial charge in [0.1, 0.15) is 0 Å². The average molecular weight is 284 g/mol. The van der Waals surface area contributed by atoms with E-state index >= 15 is 0 Å². The second-order valence-electron chi connectivity index (χ2n) is 4.54. The van der Waals surface area contributed by atoms with E-state index in [0.717, 1.165) is 13.0 Å². The van der Waals surface area contributed by atoms with Crippen LogP contribution in [0.2, 0.25) is 5.15 Å². The Morgan fingerprint density at radius 3 is 3.16 bits per heavy atom. The fourth-order valence-electron chi connectivity index (χ4n) is 2.05. The van der Waals surface area contributed by atoms with Crippen molar-refractivity contribution in [1.29, 1.82) is 0 Å². The van der Waals surface area contributed by atoms with Crippen LogP contribution in [0.5, 0.6) is 0 Å². The standard InChI is InChI=1S/C13H18ClN3O2/c1-2-5-15-11-8-19-7-9(11)13(18)17-10-4-3-6-16-12(10)14/h3-4,6,9,11,15H,2,5,7-8H2,1H3,(H,17,18). The lowest BCUT2D eigenvalue weighted by atomic mass is 10.0. The molecule has 0 spiro atoms. The van der Waals surface area contributed by atoms with Crippen LogP contribution in [0.4, 0.5) is 5.69 Å². The van der Waals surface area contributed by atoms with E-state index in [4.69, 9.17) is 16.3 Å². The normalized spacial score (nSPS) is 22.4. The van der Waals surface area contributed by atoms with Crippen molar-refractivity contribution in [3.8, 4) is 0 Å². The largest absolute Gasteiger partial charge is 0.379 e. The highest BCUT2D eigenvalue weighted by atomic mass is 35.5. The number of carbonyl (C=O) groups is 1. The molecule has 1 aromatic heterocycles. The number of pyridine rings is 1. The van der Waals surface area contributed by atoms with E-state index in [1.807, 2.05) is 0 Å². The number of rotatable bonds is 5. The first kappa shape index (κ1) is 14.2. The molecular weight excluding hydrogens is 266 g/mol. The summed E-state index contributed by atoms with van der Waals surface area (Å²) in [6.07, 6.45) is 2.61. The van der Waals surface area contributed by atoms with Crippen molar-refractivity contribution in [2.45, 2.75) is 19.4 Å². The number of aromatic nitrogens is 1. The molecule has 0 aromatic carbocycles. The molecule has 2 N–H and O–H groups in total. The molecule has 1 fully saturated rings. The molecule has 2 heterocycles. The molecule has 5 nitrogen and oxygen atoms in total. The van der Waals surface area contributed by atoms with Crippen molar-refractivity contribution < 1.29 is 9.53 Å². The first-order valence-corrected chi connectivity index (χ1v) is 6.82. The van der Waals surface area contributed by atoms with E-state index in [2.05, 4.69) is 22.5 Å². The number of anilines is 1. The molecule has 104 valence electrons. The van der Waals surface area contributed by atoms with E-state index in [9.17, 15) is 4.79 Å². The Morgan fingerprint density at radius 2 is 2.42 bits per heavy atom. The molecule has 6 heteroatoms. The van der Waals surface area contributed by atoms with Crippen LogP contribution in [-0.2, 0) is 9.53 Å². The minimum Gasteiger partial charge on any atom is -0.379 e. The van der Waals surface area contributed by atoms with Gasteiger partial charge in [-0.15, -0.1) is 0 Å². The maximum Gasteiger partial charge on any atom is 0.231 e. The highest BCUT2D eigenvalue weighted by Crippen LogP contribution is 2.21. The van der Waals surface area contributed by atoms with Crippen molar-refractivity contribution in [2.75, 3.05) is 25.1 Å². The van der Waals surface area contributed by atoms with Gasteiger partial charge in [-0.2, -0.15) is 0 Å². The van der Waals surface area contributed by atoms with Crippen molar-refractivity contribution >= 4 is 23.2 Å². The van der Waals surface area contributed by atoms with Crippen LogP contribution in [-0.4, -0.2) is 36.7 Å². The maximum atomic E-state index is 12.2. The molecule has 0 aliphatic carbocycles. The molecule has 0 bridgehead atoms. The van der Waals surface area contributed by atoms with Gasteiger partial charge in [0.2, 0.25) is 5.91 Å². The van der Waals surface area contributed by atoms with E-state index < -0.39 is 0 Å². The van der Waals surface area contributed by atoms with E-state index in [0.29, 0.717) is 24.1 Å². The summed E-state index contributed by atoms with van der Waals surface area (Å²) >= 11 is 5.92. The fourth-order valence-corrected chi connectivity index (χ4v) is 2.21. The molecule has 1 aromatic rings. The van der Waals surface area contributed by atoms with Gasteiger partial charge >= 0.3 is 0 Å². The van der Waals surface area contributed by atoms with Crippen molar-refractivity contribution in [3.63, 3.8) is 0 Å². The van der Waals surface area contributed by atoms with Crippen molar-refractivity contribution in [3.05, 3.63) is 23.5 Å². The summed E-state index contributed by atoms with van der Waals surface area (Å²) in [4.78, 5) is 16.2. The van der Waals surface area contributed by atoms with Gasteiger partial charge in [0.15, 0.2) is 5.15 Å². The zero-order valence-electron chi connectivity index (χ0n) is 10.9. The number of halogens is 1. The van der Waals surface area contributed by atoms with E-state index in [1.165, 1.54) is 0 Å². The Labute approximate surface area is 117 Å². The number of carbonyl (C=O) groups excluding carboxylic acids is 1. The zero-order chi connectivity index (χ0) is 13.7. The Balaban J connectivity index is 1.97. The van der Waals surface area contributed by atoms with Crippen LogP contribution in [0.15, 0.2) is 18.3 Å². The number of hydrogen-bond acceptors (Lipinski definition) is 4. The monoisotopic (exact) mass is 283 g/mol. The third-order valence-electron chi connectivity index (χ3n) is 3.09. The van der Waals surface area contributed by atoms with Crippen LogP contribution < -0.4 is 10.6 Å².